The number of nitrogens with zero attached hydrogens (tertiary/aromatic N) is 1. The number of rotatable bonds is 6. The van der Waals surface area contributed by atoms with Crippen LogP contribution in [0.3, 0.4) is 0 Å². The average molecular weight is 291 g/mol. The fourth-order valence-corrected chi connectivity index (χ4v) is 3.07. The number of benzene rings is 1. The molecule has 1 aromatic heterocycles. The molecule has 1 aliphatic rings. The molecule has 1 aliphatic carbocycles. The second-order valence-electron chi connectivity index (χ2n) is 4.79. The Morgan fingerprint density at radius 3 is 2.70 bits per heavy atom. The first kappa shape index (κ1) is 13.4. The van der Waals surface area contributed by atoms with Crippen molar-refractivity contribution in [2.75, 3.05) is 7.11 Å². The van der Waals surface area contributed by atoms with Crippen molar-refractivity contribution in [3.05, 3.63) is 39.8 Å². The van der Waals surface area contributed by atoms with E-state index >= 15 is 0 Å². The largest absolute Gasteiger partial charge is 0.493 e. The molecule has 0 aliphatic heterocycles. The summed E-state index contributed by atoms with van der Waals surface area (Å²) in [4.78, 5) is 5.58. The van der Waals surface area contributed by atoms with Crippen molar-refractivity contribution >= 4 is 11.3 Å². The highest BCUT2D eigenvalue weighted by molar-refractivity contribution is 7.11. The van der Waals surface area contributed by atoms with Crippen LogP contribution in [-0.2, 0) is 13.2 Å². The fraction of sp³-hybridized carbons (Fsp3) is 0.400. The molecule has 1 heterocycles. The highest BCUT2D eigenvalue weighted by Crippen LogP contribution is 2.42. The second kappa shape index (κ2) is 5.81. The Bertz CT molecular complexity index is 593. The first-order chi connectivity index (χ1) is 9.81. The highest BCUT2D eigenvalue weighted by Gasteiger charge is 2.29. The molecule has 0 bridgehead atoms. The van der Waals surface area contributed by atoms with Crippen LogP contribution < -0.4 is 9.47 Å². The summed E-state index contributed by atoms with van der Waals surface area (Å²) in [5.41, 5.74) is 1.07. The number of para-hydroxylation sites is 2. The summed E-state index contributed by atoms with van der Waals surface area (Å²) in [5, 5.41) is 10.3. The van der Waals surface area contributed by atoms with Gasteiger partial charge in [-0.15, -0.1) is 11.3 Å². The number of hydrogen-bond donors (Lipinski definition) is 1. The van der Waals surface area contributed by atoms with E-state index in [4.69, 9.17) is 9.47 Å². The Labute approximate surface area is 122 Å². The molecule has 0 saturated heterocycles. The lowest BCUT2D eigenvalue weighted by Gasteiger charge is -2.08. The molecule has 0 spiro atoms. The summed E-state index contributed by atoms with van der Waals surface area (Å²) >= 11 is 1.53. The van der Waals surface area contributed by atoms with Crippen LogP contribution in [0.4, 0.5) is 0 Å². The van der Waals surface area contributed by atoms with E-state index in [-0.39, 0.29) is 6.61 Å². The smallest absolute Gasteiger partial charge is 0.161 e. The van der Waals surface area contributed by atoms with Gasteiger partial charge in [-0.3, -0.25) is 0 Å². The van der Waals surface area contributed by atoms with E-state index in [1.165, 1.54) is 24.2 Å². The summed E-state index contributed by atoms with van der Waals surface area (Å²) in [6.45, 7) is 0.475. The first-order valence-corrected chi connectivity index (χ1v) is 7.48. The van der Waals surface area contributed by atoms with Gasteiger partial charge < -0.3 is 14.6 Å². The third kappa shape index (κ3) is 2.78. The number of aliphatic hydroxyl groups is 1. The normalized spacial score (nSPS) is 14.3. The van der Waals surface area contributed by atoms with E-state index in [9.17, 15) is 5.11 Å². The standard InChI is InChI=1S/C15H17NO3S/c1-18-11-4-2-3-5-12(11)19-9-14-16-15(10-6-7-10)13(8-17)20-14/h2-5,10,17H,6-9H2,1H3. The molecule has 1 aromatic carbocycles. The van der Waals surface area contributed by atoms with Crippen LogP contribution in [0.2, 0.25) is 0 Å². The van der Waals surface area contributed by atoms with Gasteiger partial charge in [0.15, 0.2) is 11.5 Å². The quantitative estimate of drug-likeness (QED) is 0.888. The molecule has 1 N–H and O–H groups in total. The van der Waals surface area contributed by atoms with Crippen molar-refractivity contribution in [3.63, 3.8) is 0 Å². The molecule has 3 rings (SSSR count). The maximum absolute atomic E-state index is 9.39. The van der Waals surface area contributed by atoms with Gasteiger partial charge in [-0.25, -0.2) is 4.98 Å². The predicted molar refractivity (Wildman–Crippen MR) is 77.3 cm³/mol. The molecule has 1 fully saturated rings. The molecular weight excluding hydrogens is 274 g/mol. The topological polar surface area (TPSA) is 51.6 Å². The van der Waals surface area contributed by atoms with Gasteiger partial charge in [-0.1, -0.05) is 12.1 Å². The van der Waals surface area contributed by atoms with Crippen LogP contribution >= 0.6 is 11.3 Å². The lowest BCUT2D eigenvalue weighted by molar-refractivity contribution is 0.283. The van der Waals surface area contributed by atoms with Gasteiger partial charge in [0.1, 0.15) is 11.6 Å². The Morgan fingerprint density at radius 1 is 1.30 bits per heavy atom. The molecule has 0 unspecified atom stereocenters. The fourth-order valence-electron chi connectivity index (χ4n) is 2.14. The summed E-state index contributed by atoms with van der Waals surface area (Å²) in [6, 6.07) is 7.56. The van der Waals surface area contributed by atoms with E-state index in [1.807, 2.05) is 24.3 Å². The minimum Gasteiger partial charge on any atom is -0.493 e. The molecule has 5 heteroatoms. The Kier molecular flexibility index (Phi) is 3.89. The summed E-state index contributed by atoms with van der Waals surface area (Å²) in [6.07, 6.45) is 2.37. The van der Waals surface area contributed by atoms with E-state index in [1.54, 1.807) is 7.11 Å². The lowest BCUT2D eigenvalue weighted by atomic mass is 10.2. The van der Waals surface area contributed by atoms with Crippen molar-refractivity contribution in [1.29, 1.82) is 0 Å². The van der Waals surface area contributed by atoms with E-state index < -0.39 is 0 Å². The number of aliphatic hydroxyl groups excluding tert-OH is 1. The molecule has 20 heavy (non-hydrogen) atoms. The molecule has 1 saturated carbocycles. The molecule has 4 nitrogen and oxygen atoms in total. The molecule has 0 amide bonds. The first-order valence-electron chi connectivity index (χ1n) is 6.67. The van der Waals surface area contributed by atoms with Crippen molar-refractivity contribution in [2.24, 2.45) is 0 Å². The zero-order chi connectivity index (χ0) is 13.9. The number of hydrogen-bond acceptors (Lipinski definition) is 5. The maximum atomic E-state index is 9.39. The highest BCUT2D eigenvalue weighted by atomic mass is 32.1. The van der Waals surface area contributed by atoms with Crippen LogP contribution in [0.5, 0.6) is 11.5 Å². The van der Waals surface area contributed by atoms with Gasteiger partial charge in [0.05, 0.1) is 24.3 Å². The second-order valence-corrected chi connectivity index (χ2v) is 5.96. The zero-order valence-corrected chi connectivity index (χ0v) is 12.2. The van der Waals surface area contributed by atoms with Crippen LogP contribution in [0.25, 0.3) is 0 Å². The summed E-state index contributed by atoms with van der Waals surface area (Å²) in [5.74, 6) is 1.98. The lowest BCUT2D eigenvalue weighted by Crippen LogP contribution is -1.97. The number of methoxy groups -OCH3 is 1. The van der Waals surface area contributed by atoms with Gasteiger partial charge >= 0.3 is 0 Å². The third-order valence-corrected chi connectivity index (χ3v) is 4.33. The molecule has 106 valence electrons. The van der Waals surface area contributed by atoms with Crippen LogP contribution in [0, 0.1) is 0 Å². The molecule has 0 radical (unpaired) electrons. The number of ether oxygens (including phenoxy) is 2. The Morgan fingerprint density at radius 2 is 2.05 bits per heavy atom. The SMILES string of the molecule is COc1ccccc1OCc1nc(C2CC2)c(CO)s1. The van der Waals surface area contributed by atoms with E-state index in [0.717, 1.165) is 15.6 Å². The van der Waals surface area contributed by atoms with Gasteiger partial charge in [-0.2, -0.15) is 0 Å². The zero-order valence-electron chi connectivity index (χ0n) is 11.3. The van der Waals surface area contributed by atoms with Gasteiger partial charge in [0.2, 0.25) is 0 Å². The van der Waals surface area contributed by atoms with E-state index in [0.29, 0.717) is 24.0 Å². The van der Waals surface area contributed by atoms with Crippen LogP contribution in [0.1, 0.15) is 34.3 Å². The van der Waals surface area contributed by atoms with Crippen molar-refractivity contribution in [3.8, 4) is 11.5 Å². The van der Waals surface area contributed by atoms with Crippen molar-refractivity contribution in [1.82, 2.24) is 4.98 Å². The Balaban J connectivity index is 1.72. The van der Waals surface area contributed by atoms with Gasteiger partial charge in [-0.05, 0) is 25.0 Å². The maximum Gasteiger partial charge on any atom is 0.161 e. The van der Waals surface area contributed by atoms with Gasteiger partial charge in [0.25, 0.3) is 0 Å². The van der Waals surface area contributed by atoms with Crippen molar-refractivity contribution in [2.45, 2.75) is 32.0 Å². The predicted octanol–water partition coefficient (Wildman–Crippen LogP) is 3.10. The monoisotopic (exact) mass is 291 g/mol. The third-order valence-electron chi connectivity index (χ3n) is 3.30. The summed E-state index contributed by atoms with van der Waals surface area (Å²) in [7, 11) is 1.63. The number of aromatic nitrogens is 1. The van der Waals surface area contributed by atoms with Gasteiger partial charge in [0, 0.05) is 5.92 Å². The summed E-state index contributed by atoms with van der Waals surface area (Å²) < 4.78 is 11.0. The van der Waals surface area contributed by atoms with E-state index in [2.05, 4.69) is 4.98 Å². The Hall–Kier alpha value is -1.59. The van der Waals surface area contributed by atoms with Crippen LogP contribution in [-0.4, -0.2) is 17.2 Å². The minimum absolute atomic E-state index is 0.0676. The number of thiazole rings is 1. The molecule has 2 aromatic rings. The molecular formula is C15H17NO3S. The van der Waals surface area contributed by atoms with Crippen LogP contribution in [0.15, 0.2) is 24.3 Å². The molecule has 0 atom stereocenters. The van der Waals surface area contributed by atoms with Crippen molar-refractivity contribution < 1.29 is 14.6 Å². The average Bonchev–Trinajstić information content (AvgIpc) is 3.25. The minimum atomic E-state index is 0.0676.